The second-order valence-corrected chi connectivity index (χ2v) is 8.71. The highest BCUT2D eigenvalue weighted by molar-refractivity contribution is 7.92. The summed E-state index contributed by atoms with van der Waals surface area (Å²) in [5, 5.41) is 0. The van der Waals surface area contributed by atoms with Crippen LogP contribution in [0.5, 0.6) is 0 Å². The van der Waals surface area contributed by atoms with Gasteiger partial charge in [0.05, 0.1) is 10.6 Å². The minimum Gasteiger partial charge on any atom is -0.339 e. The van der Waals surface area contributed by atoms with Crippen molar-refractivity contribution in [2.75, 3.05) is 44.1 Å². The van der Waals surface area contributed by atoms with Crippen LogP contribution in [0.15, 0.2) is 59.5 Å². The van der Waals surface area contributed by atoms with E-state index in [1.165, 1.54) is 4.31 Å². The van der Waals surface area contributed by atoms with Crippen molar-refractivity contribution in [1.82, 2.24) is 9.80 Å². The van der Waals surface area contributed by atoms with Crippen LogP contribution in [0.25, 0.3) is 0 Å². The summed E-state index contributed by atoms with van der Waals surface area (Å²) in [5.41, 5.74) is 1.52. The van der Waals surface area contributed by atoms with Crippen LogP contribution < -0.4 is 4.31 Å². The van der Waals surface area contributed by atoms with Gasteiger partial charge >= 0.3 is 0 Å². The van der Waals surface area contributed by atoms with Gasteiger partial charge in [-0.1, -0.05) is 35.9 Å². The number of rotatable bonds is 5. The zero-order chi connectivity index (χ0) is 19.4. The summed E-state index contributed by atoms with van der Waals surface area (Å²) in [4.78, 5) is 16.9. The normalized spacial score (nSPS) is 15.6. The summed E-state index contributed by atoms with van der Waals surface area (Å²) < 4.78 is 27.7. The molecule has 7 heteroatoms. The van der Waals surface area contributed by atoms with Crippen LogP contribution in [0.1, 0.15) is 5.56 Å². The molecule has 1 amide bonds. The number of sulfonamides is 1. The summed E-state index contributed by atoms with van der Waals surface area (Å²) in [6.07, 6.45) is 0. The first-order valence-corrected chi connectivity index (χ1v) is 10.4. The number of hydrogen-bond donors (Lipinski definition) is 0. The summed E-state index contributed by atoms with van der Waals surface area (Å²) in [7, 11) is -1.82. The first kappa shape index (κ1) is 19.4. The van der Waals surface area contributed by atoms with E-state index in [1.54, 1.807) is 47.4 Å². The van der Waals surface area contributed by atoms with Crippen LogP contribution in [0, 0.1) is 6.92 Å². The fraction of sp³-hybridized carbons (Fsp3) is 0.350. The number of carbonyl (C=O) groups is 1. The number of benzene rings is 2. The van der Waals surface area contributed by atoms with E-state index in [0.29, 0.717) is 18.8 Å². The first-order valence-electron chi connectivity index (χ1n) is 8.99. The molecule has 0 unspecified atom stereocenters. The van der Waals surface area contributed by atoms with Gasteiger partial charge in [0.25, 0.3) is 10.0 Å². The van der Waals surface area contributed by atoms with E-state index >= 15 is 0 Å². The number of carbonyl (C=O) groups excluding carboxylic acids is 1. The van der Waals surface area contributed by atoms with Gasteiger partial charge in [-0.3, -0.25) is 9.10 Å². The molecule has 6 nitrogen and oxygen atoms in total. The third-order valence-electron chi connectivity index (χ3n) is 4.79. The van der Waals surface area contributed by atoms with Crippen molar-refractivity contribution < 1.29 is 13.2 Å². The van der Waals surface area contributed by atoms with Crippen molar-refractivity contribution in [3.63, 3.8) is 0 Å². The van der Waals surface area contributed by atoms with Crippen LogP contribution in [0.2, 0.25) is 0 Å². The zero-order valence-electron chi connectivity index (χ0n) is 15.7. The quantitative estimate of drug-likeness (QED) is 0.787. The van der Waals surface area contributed by atoms with E-state index in [9.17, 15) is 13.2 Å². The van der Waals surface area contributed by atoms with Gasteiger partial charge in [0, 0.05) is 26.2 Å². The smallest absolute Gasteiger partial charge is 0.264 e. The van der Waals surface area contributed by atoms with Crippen LogP contribution in [0.4, 0.5) is 5.69 Å². The average molecular weight is 388 g/mol. The Hall–Kier alpha value is -2.38. The van der Waals surface area contributed by atoms with Gasteiger partial charge in [0.1, 0.15) is 6.54 Å². The second-order valence-electron chi connectivity index (χ2n) is 6.84. The number of aryl methyl sites for hydroxylation is 1. The lowest BCUT2D eigenvalue weighted by atomic mass is 10.2. The second kappa shape index (κ2) is 8.10. The number of amides is 1. The van der Waals surface area contributed by atoms with Gasteiger partial charge < -0.3 is 9.80 Å². The molecular weight excluding hydrogens is 362 g/mol. The minimum atomic E-state index is -3.84. The molecule has 2 aromatic rings. The largest absolute Gasteiger partial charge is 0.339 e. The van der Waals surface area contributed by atoms with Gasteiger partial charge in [-0.2, -0.15) is 0 Å². The molecule has 1 heterocycles. The Kier molecular flexibility index (Phi) is 5.82. The minimum absolute atomic E-state index is 0.178. The van der Waals surface area contributed by atoms with E-state index in [-0.39, 0.29) is 17.3 Å². The van der Waals surface area contributed by atoms with Crippen molar-refractivity contribution >= 4 is 21.6 Å². The summed E-state index contributed by atoms with van der Waals surface area (Å²) in [6.45, 7) is 4.55. The number of anilines is 1. The predicted octanol–water partition coefficient (Wildman–Crippen LogP) is 1.96. The fourth-order valence-electron chi connectivity index (χ4n) is 3.02. The van der Waals surface area contributed by atoms with Crippen LogP contribution >= 0.6 is 0 Å². The standard InChI is InChI=1S/C20H25N3O3S/c1-17-8-10-18(11-9-17)23(27(25,26)19-6-4-3-5-7-19)16-20(24)22-14-12-21(2)13-15-22/h3-11H,12-16H2,1-2H3. The van der Waals surface area contributed by atoms with Crippen LogP contribution in [-0.4, -0.2) is 63.9 Å². The highest BCUT2D eigenvalue weighted by Gasteiger charge is 2.29. The van der Waals surface area contributed by atoms with Crippen molar-refractivity contribution in [2.24, 2.45) is 0 Å². The molecule has 0 bridgehead atoms. The number of piperazine rings is 1. The third kappa shape index (κ3) is 4.48. The molecule has 0 aromatic heterocycles. The molecule has 1 aliphatic rings. The Morgan fingerprint density at radius 3 is 2.15 bits per heavy atom. The number of nitrogens with zero attached hydrogens (tertiary/aromatic N) is 3. The van der Waals surface area contributed by atoms with Gasteiger partial charge in [0.2, 0.25) is 5.91 Å². The number of hydrogen-bond acceptors (Lipinski definition) is 4. The third-order valence-corrected chi connectivity index (χ3v) is 6.58. The molecule has 0 atom stereocenters. The van der Waals surface area contributed by atoms with Crippen molar-refractivity contribution in [3.8, 4) is 0 Å². The molecule has 1 aliphatic heterocycles. The summed E-state index contributed by atoms with van der Waals surface area (Å²) >= 11 is 0. The van der Waals surface area contributed by atoms with E-state index < -0.39 is 10.0 Å². The lowest BCUT2D eigenvalue weighted by molar-refractivity contribution is -0.131. The fourth-order valence-corrected chi connectivity index (χ4v) is 4.46. The molecule has 0 N–H and O–H groups in total. The lowest BCUT2D eigenvalue weighted by Crippen LogP contribution is -2.50. The Labute approximate surface area is 161 Å². The Morgan fingerprint density at radius 2 is 1.56 bits per heavy atom. The molecule has 0 radical (unpaired) electrons. The molecule has 0 aliphatic carbocycles. The van der Waals surface area contributed by atoms with Crippen LogP contribution in [0.3, 0.4) is 0 Å². The molecular formula is C20H25N3O3S. The zero-order valence-corrected chi connectivity index (χ0v) is 16.5. The van der Waals surface area contributed by atoms with E-state index in [0.717, 1.165) is 18.7 Å². The highest BCUT2D eigenvalue weighted by Crippen LogP contribution is 2.24. The van der Waals surface area contributed by atoms with Crippen molar-refractivity contribution in [1.29, 1.82) is 0 Å². The van der Waals surface area contributed by atoms with Gasteiger partial charge in [-0.05, 0) is 38.2 Å². The predicted molar refractivity (Wildman–Crippen MR) is 106 cm³/mol. The molecule has 1 saturated heterocycles. The first-order chi connectivity index (χ1) is 12.9. The maximum absolute atomic E-state index is 13.2. The lowest BCUT2D eigenvalue weighted by Gasteiger charge is -2.34. The van der Waals surface area contributed by atoms with Crippen molar-refractivity contribution in [2.45, 2.75) is 11.8 Å². The molecule has 0 saturated carbocycles. The van der Waals surface area contributed by atoms with E-state index in [1.807, 2.05) is 26.1 Å². The average Bonchev–Trinajstić information content (AvgIpc) is 2.68. The SMILES string of the molecule is Cc1ccc(N(CC(=O)N2CCN(C)CC2)S(=O)(=O)c2ccccc2)cc1. The highest BCUT2D eigenvalue weighted by atomic mass is 32.2. The number of likely N-dealkylation sites (N-methyl/N-ethyl adjacent to an activating group) is 1. The maximum Gasteiger partial charge on any atom is 0.264 e. The van der Waals surface area contributed by atoms with Gasteiger partial charge in [-0.25, -0.2) is 8.42 Å². The maximum atomic E-state index is 13.2. The van der Waals surface area contributed by atoms with Gasteiger partial charge in [-0.15, -0.1) is 0 Å². The van der Waals surface area contributed by atoms with Crippen molar-refractivity contribution in [3.05, 3.63) is 60.2 Å². The summed E-state index contributed by atoms with van der Waals surface area (Å²) in [5.74, 6) is -0.178. The van der Waals surface area contributed by atoms with E-state index in [2.05, 4.69) is 4.90 Å². The molecule has 1 fully saturated rings. The monoisotopic (exact) mass is 387 g/mol. The molecule has 0 spiro atoms. The van der Waals surface area contributed by atoms with Crippen LogP contribution in [-0.2, 0) is 14.8 Å². The van der Waals surface area contributed by atoms with Gasteiger partial charge in [0.15, 0.2) is 0 Å². The molecule has 144 valence electrons. The summed E-state index contributed by atoms with van der Waals surface area (Å²) in [6, 6.07) is 15.4. The van der Waals surface area contributed by atoms with E-state index in [4.69, 9.17) is 0 Å². The molecule has 2 aromatic carbocycles. The topological polar surface area (TPSA) is 60.9 Å². The molecule has 27 heavy (non-hydrogen) atoms. The Morgan fingerprint density at radius 1 is 0.963 bits per heavy atom. The molecule has 3 rings (SSSR count). The Balaban J connectivity index is 1.91. The Bertz CT molecular complexity index is 874.